The van der Waals surface area contributed by atoms with Crippen LogP contribution < -0.4 is 31.2 Å². The lowest BCUT2D eigenvalue weighted by molar-refractivity contribution is -0.664. The summed E-state index contributed by atoms with van der Waals surface area (Å²) in [6.07, 6.45) is -54.8. The Morgan fingerprint density at radius 3 is 1.00 bits per heavy atom. The Morgan fingerprint density at radius 1 is 0.388 bits per heavy atom. The van der Waals surface area contributed by atoms with Crippen LogP contribution in [0.4, 0.5) is 105 Å². The van der Waals surface area contributed by atoms with Gasteiger partial charge in [-0.3, -0.25) is 0 Å². The highest BCUT2D eigenvalue weighted by Gasteiger charge is 2.47. The molecule has 4 nitrogen and oxygen atoms in total. The molecule has 0 bridgehead atoms. The molecule has 7 aromatic carbocycles. The largest absolute Gasteiger partial charge is 0.419 e. The summed E-state index contributed by atoms with van der Waals surface area (Å²) in [7, 11) is 0. The molecule has 1 aromatic heterocycles. The summed E-state index contributed by atoms with van der Waals surface area (Å²) in [5.74, 6) is -0.0326. The highest BCUT2D eigenvalue weighted by molar-refractivity contribution is 7.20. The number of hydrogen-bond acceptors (Lipinski definition) is 3. The van der Waals surface area contributed by atoms with Gasteiger partial charge < -0.3 is 4.74 Å². The number of alkyl halides is 24. The van der Waals surface area contributed by atoms with E-state index in [0.717, 1.165) is 16.5 Å². The van der Waals surface area contributed by atoms with Crippen molar-refractivity contribution < 1.29 is 119 Å². The molecule has 446 valence electrons. The zero-order valence-electron chi connectivity index (χ0n) is 41.7. The number of nitriles is 1. The van der Waals surface area contributed by atoms with Crippen LogP contribution >= 0.6 is 0 Å². The average molecular weight is 1230 g/mol. The Labute approximate surface area is 461 Å². The van der Waals surface area contributed by atoms with Gasteiger partial charge in [0.1, 0.15) is 11.9 Å². The number of ether oxygens (including phenoxy) is 1. The number of halogens is 24. The molecule has 0 amide bonds. The van der Waals surface area contributed by atoms with Crippen molar-refractivity contribution in [3.05, 3.63) is 225 Å². The number of rotatable bonds is 8. The first-order valence-electron chi connectivity index (χ1n) is 23.5. The lowest BCUT2D eigenvalue weighted by Crippen LogP contribution is -2.75. The molecule has 0 N–H and O–H groups in total. The van der Waals surface area contributed by atoms with Gasteiger partial charge in [0.25, 0.3) is 5.69 Å². The Hall–Kier alpha value is -8.71. The van der Waals surface area contributed by atoms with Gasteiger partial charge in [-0.25, -0.2) is 4.79 Å². The van der Waals surface area contributed by atoms with E-state index in [1.165, 1.54) is 0 Å². The number of aromatic nitrogens is 1. The normalized spacial score (nSPS) is 13.0. The summed E-state index contributed by atoms with van der Waals surface area (Å²) in [5, 5.41) is 9.95. The van der Waals surface area contributed by atoms with Crippen LogP contribution in [0.15, 0.2) is 164 Å². The summed E-state index contributed by atoms with van der Waals surface area (Å²) >= 11 is 0. The maximum Gasteiger partial charge on any atom is 0.416 e. The molecule has 29 heteroatoms. The van der Waals surface area contributed by atoms with E-state index in [9.17, 15) is 110 Å². The van der Waals surface area contributed by atoms with Crippen LogP contribution in [0.1, 0.15) is 66.1 Å². The van der Waals surface area contributed by atoms with Gasteiger partial charge in [0.2, 0.25) is 5.52 Å². The van der Waals surface area contributed by atoms with Crippen LogP contribution in [0.25, 0.3) is 10.9 Å². The SMILES string of the molecule is FC(F)(F)c1cc([B-](c2cc(C(F)(F)F)cc(C(F)(F)F)c2)(c2cc(C(F)(F)F)cc(C(F)(F)F)c2)c2cc(C(F)(F)F)cc(C(F)(F)F)c2)cc(C(F)(F)F)c1.N#Cc1ccc(OC(=O)c2ccc3ccccc3[n+]2Cc2ccccc2)cc1. The first-order chi connectivity index (χ1) is 39.0. The van der Waals surface area contributed by atoms with E-state index >= 15 is 0 Å². The van der Waals surface area contributed by atoms with Crippen molar-refractivity contribution in [3.63, 3.8) is 0 Å². The van der Waals surface area contributed by atoms with Crippen molar-refractivity contribution >= 4 is 44.9 Å². The van der Waals surface area contributed by atoms with Crippen LogP contribution in [0.5, 0.6) is 5.75 Å². The molecule has 0 fully saturated rings. The molecule has 85 heavy (non-hydrogen) atoms. The van der Waals surface area contributed by atoms with Crippen LogP contribution in [0.3, 0.4) is 0 Å². The van der Waals surface area contributed by atoms with Gasteiger partial charge in [-0.1, -0.05) is 91.0 Å². The number of esters is 1. The number of carbonyl (C=O) groups is 1. The van der Waals surface area contributed by atoms with Gasteiger partial charge in [0.15, 0.2) is 6.54 Å². The standard InChI is InChI=1S/C32H12BF24.C24H17N2O2/c34-25(35,36)13-1-14(26(37,38)39)6-21(5-13)33(22-7-15(27(40,41)42)2-16(8-22)28(43,44)45,23-9-17(29(46,47)48)3-18(10-23)30(49,50)51)24-11-19(31(52,53)54)4-20(12-24)32(55,56)57;25-16-18-10-13-21(14-11-18)28-24(27)23-15-12-20-8-4-5-9-22(20)26(23)17-19-6-2-1-3-7-19/h1-12H;1-15H,17H2/q-1;+1. The molecular formula is C56H29BF24N2O2. The summed E-state index contributed by atoms with van der Waals surface area (Å²) in [4.78, 5) is 12.9. The molecule has 1 heterocycles. The van der Waals surface area contributed by atoms with Gasteiger partial charge in [-0.15, -0.1) is 0 Å². The molecule has 0 saturated heterocycles. The minimum Gasteiger partial charge on any atom is -0.419 e. The Kier molecular flexibility index (Phi) is 17.1. The third-order valence-electron chi connectivity index (χ3n) is 13.0. The van der Waals surface area contributed by atoms with E-state index in [1.807, 2.05) is 65.2 Å². The smallest absolute Gasteiger partial charge is 0.416 e. The lowest BCUT2D eigenvalue weighted by Gasteiger charge is -2.46. The molecule has 0 spiro atoms. The van der Waals surface area contributed by atoms with E-state index in [-0.39, 0.29) is 0 Å². The first-order valence-corrected chi connectivity index (χ1v) is 23.5. The predicted molar refractivity (Wildman–Crippen MR) is 256 cm³/mol. The zero-order chi connectivity index (χ0) is 63.3. The lowest BCUT2D eigenvalue weighted by atomic mass is 9.12. The molecule has 0 saturated carbocycles. The van der Waals surface area contributed by atoms with E-state index in [4.69, 9.17) is 10.00 Å². The molecule has 0 aliphatic rings. The van der Waals surface area contributed by atoms with E-state index in [0.29, 0.717) is 23.6 Å². The van der Waals surface area contributed by atoms with Gasteiger partial charge in [-0.2, -0.15) is 137 Å². The summed E-state index contributed by atoms with van der Waals surface area (Å²) in [6.45, 7) is 0.556. The van der Waals surface area contributed by atoms with Crippen molar-refractivity contribution in [3.8, 4) is 11.8 Å². The van der Waals surface area contributed by atoms with Gasteiger partial charge in [0.05, 0.1) is 56.1 Å². The molecule has 0 unspecified atom stereocenters. The Morgan fingerprint density at radius 2 is 0.694 bits per heavy atom. The number of carbonyl (C=O) groups excluding carboxylic acids is 1. The van der Waals surface area contributed by atoms with Crippen molar-refractivity contribution in [1.82, 2.24) is 0 Å². The van der Waals surface area contributed by atoms with Crippen molar-refractivity contribution in [1.29, 1.82) is 5.26 Å². The van der Waals surface area contributed by atoms with E-state index in [1.54, 1.807) is 30.3 Å². The molecule has 0 aliphatic heterocycles. The fourth-order valence-corrected chi connectivity index (χ4v) is 9.20. The van der Waals surface area contributed by atoms with E-state index in [2.05, 4.69) is 6.07 Å². The minimum atomic E-state index is -6.13. The van der Waals surface area contributed by atoms with Crippen molar-refractivity contribution in [2.45, 2.75) is 56.0 Å². The molecule has 0 atom stereocenters. The maximum absolute atomic E-state index is 14.2. The van der Waals surface area contributed by atoms with Crippen LogP contribution in [0.2, 0.25) is 0 Å². The van der Waals surface area contributed by atoms with Crippen LogP contribution in [0, 0.1) is 11.3 Å². The highest BCUT2D eigenvalue weighted by Crippen LogP contribution is 2.41. The fraction of sp³-hybridized carbons (Fsp3) is 0.161. The molecule has 0 radical (unpaired) electrons. The van der Waals surface area contributed by atoms with Gasteiger partial charge >= 0.3 is 55.4 Å². The molecule has 8 aromatic rings. The summed E-state index contributed by atoms with van der Waals surface area (Å²) < 4.78 is 348. The zero-order valence-corrected chi connectivity index (χ0v) is 41.7. The Balaban J connectivity index is 0.000000306. The quantitative estimate of drug-likeness (QED) is 0.0501. The van der Waals surface area contributed by atoms with Gasteiger partial charge in [0, 0.05) is 23.1 Å². The van der Waals surface area contributed by atoms with Crippen LogP contribution in [-0.2, 0) is 56.0 Å². The average Bonchev–Trinajstić information content (AvgIpc) is 0.780. The maximum atomic E-state index is 14.2. The molecule has 8 rings (SSSR count). The molecule has 0 aliphatic carbocycles. The second-order valence-corrected chi connectivity index (χ2v) is 18.6. The van der Waals surface area contributed by atoms with Crippen molar-refractivity contribution in [2.75, 3.05) is 0 Å². The first kappa shape index (κ1) is 63.9. The second-order valence-electron chi connectivity index (χ2n) is 18.6. The predicted octanol–water partition coefficient (Wildman–Crippen LogP) is 15.5. The number of pyridine rings is 1. The Bertz CT molecular complexity index is 3380. The number of benzene rings is 7. The third-order valence-corrected chi connectivity index (χ3v) is 13.0. The third kappa shape index (κ3) is 14.5. The highest BCUT2D eigenvalue weighted by atomic mass is 19.4. The second kappa shape index (κ2) is 22.7. The number of nitrogens with zero attached hydrogens (tertiary/aromatic N) is 2. The monoisotopic (exact) mass is 1230 g/mol. The number of para-hydroxylation sites is 1. The molecular weight excluding hydrogens is 1200 g/mol. The summed E-state index contributed by atoms with van der Waals surface area (Å²) in [5.41, 5.74) is -27.2. The van der Waals surface area contributed by atoms with Crippen molar-refractivity contribution in [2.24, 2.45) is 0 Å². The van der Waals surface area contributed by atoms with E-state index < -0.39 is 201 Å². The number of hydrogen-bond donors (Lipinski definition) is 0. The van der Waals surface area contributed by atoms with Crippen LogP contribution in [-0.4, -0.2) is 12.1 Å². The minimum absolute atomic E-state index is 0.406. The fourth-order valence-electron chi connectivity index (χ4n) is 9.20. The van der Waals surface area contributed by atoms with Gasteiger partial charge in [-0.05, 0) is 60.7 Å². The topological polar surface area (TPSA) is 54.0 Å². The summed E-state index contributed by atoms with van der Waals surface area (Å²) in [6, 6.07) is 21.4. The number of fused-ring (bicyclic) bond motifs is 1.